The molecule has 2 N–H and O–H groups in total. The van der Waals surface area contributed by atoms with Crippen molar-refractivity contribution in [1.29, 1.82) is 0 Å². The van der Waals surface area contributed by atoms with Gasteiger partial charge in [-0.25, -0.2) is 0 Å². The van der Waals surface area contributed by atoms with Crippen LogP contribution in [0.5, 0.6) is 0 Å². The fourth-order valence-corrected chi connectivity index (χ4v) is 2.15. The smallest absolute Gasteiger partial charge is 0.308 e. The van der Waals surface area contributed by atoms with Gasteiger partial charge in [-0.1, -0.05) is 13.3 Å². The second-order valence-electron chi connectivity index (χ2n) is 4.80. The molecule has 1 amide bonds. The molecule has 0 radical (unpaired) electrons. The van der Waals surface area contributed by atoms with Crippen molar-refractivity contribution in [1.82, 2.24) is 5.32 Å². The molecule has 0 aromatic heterocycles. The van der Waals surface area contributed by atoms with Crippen LogP contribution < -0.4 is 5.32 Å². The first-order chi connectivity index (χ1) is 8.63. The monoisotopic (exact) mass is 257 g/mol. The van der Waals surface area contributed by atoms with Gasteiger partial charge in [-0.05, 0) is 25.7 Å². The molecule has 0 spiro atoms. The number of rotatable bonds is 8. The maximum absolute atomic E-state index is 11.6. The summed E-state index contributed by atoms with van der Waals surface area (Å²) in [6.07, 6.45) is 4.87. The fraction of sp³-hybridized carbons (Fsp3) is 0.846. The molecule has 0 saturated carbocycles. The Hall–Kier alpha value is -1.10. The van der Waals surface area contributed by atoms with Crippen molar-refractivity contribution in [3.63, 3.8) is 0 Å². The van der Waals surface area contributed by atoms with Gasteiger partial charge in [0.1, 0.15) is 0 Å². The van der Waals surface area contributed by atoms with Gasteiger partial charge in [0.25, 0.3) is 0 Å². The molecule has 0 bridgehead atoms. The van der Waals surface area contributed by atoms with Gasteiger partial charge in [-0.3, -0.25) is 9.59 Å². The normalized spacial score (nSPS) is 20.6. The summed E-state index contributed by atoms with van der Waals surface area (Å²) in [5.41, 5.74) is 0. The summed E-state index contributed by atoms with van der Waals surface area (Å²) in [5.74, 6) is -1.38. The van der Waals surface area contributed by atoms with Crippen molar-refractivity contribution in [2.24, 2.45) is 5.92 Å². The molecule has 5 nitrogen and oxygen atoms in total. The molecule has 104 valence electrons. The number of carbonyl (C=O) groups excluding carboxylic acids is 1. The molecule has 1 heterocycles. The van der Waals surface area contributed by atoms with Crippen molar-refractivity contribution in [3.8, 4) is 0 Å². The van der Waals surface area contributed by atoms with Crippen LogP contribution in [0.4, 0.5) is 0 Å². The number of nitrogens with one attached hydrogen (secondary N) is 1. The third-order valence-corrected chi connectivity index (χ3v) is 3.25. The predicted molar refractivity (Wildman–Crippen MR) is 67.3 cm³/mol. The average molecular weight is 257 g/mol. The van der Waals surface area contributed by atoms with Gasteiger partial charge in [0.2, 0.25) is 5.91 Å². The summed E-state index contributed by atoms with van der Waals surface area (Å²) in [7, 11) is 0. The van der Waals surface area contributed by atoms with E-state index in [0.29, 0.717) is 12.8 Å². The Morgan fingerprint density at radius 2 is 2.28 bits per heavy atom. The minimum Gasteiger partial charge on any atom is -0.481 e. The maximum atomic E-state index is 11.6. The largest absolute Gasteiger partial charge is 0.481 e. The molecule has 1 saturated heterocycles. The molecule has 0 aromatic carbocycles. The second-order valence-corrected chi connectivity index (χ2v) is 4.80. The third kappa shape index (κ3) is 5.49. The molecule has 2 atom stereocenters. The van der Waals surface area contributed by atoms with Crippen LogP contribution in [0.1, 0.15) is 45.4 Å². The lowest BCUT2D eigenvalue weighted by molar-refractivity contribution is -0.141. The highest BCUT2D eigenvalue weighted by atomic mass is 16.5. The third-order valence-electron chi connectivity index (χ3n) is 3.25. The lowest BCUT2D eigenvalue weighted by atomic mass is 10.0. The standard InChI is InChI=1S/C13H23NO4/c1-2-4-10(13(16)17)9-14-12(15)7-6-11-5-3-8-18-11/h10-11H,2-9H2,1H3,(H,14,15)(H,16,17). The van der Waals surface area contributed by atoms with E-state index in [0.717, 1.165) is 32.3 Å². The lowest BCUT2D eigenvalue weighted by Gasteiger charge is -2.13. The molecule has 0 aliphatic carbocycles. The molecule has 18 heavy (non-hydrogen) atoms. The van der Waals surface area contributed by atoms with Crippen LogP contribution in [0.3, 0.4) is 0 Å². The lowest BCUT2D eigenvalue weighted by Crippen LogP contribution is -2.33. The number of carboxylic acids is 1. The van der Waals surface area contributed by atoms with Gasteiger partial charge in [0.15, 0.2) is 0 Å². The van der Waals surface area contributed by atoms with Gasteiger partial charge in [0.05, 0.1) is 12.0 Å². The van der Waals surface area contributed by atoms with E-state index in [9.17, 15) is 9.59 Å². The van der Waals surface area contributed by atoms with Crippen LogP contribution >= 0.6 is 0 Å². The molecular formula is C13H23NO4. The van der Waals surface area contributed by atoms with Gasteiger partial charge in [0, 0.05) is 19.6 Å². The summed E-state index contributed by atoms with van der Waals surface area (Å²) in [5, 5.41) is 11.6. The van der Waals surface area contributed by atoms with Crippen molar-refractivity contribution >= 4 is 11.9 Å². The summed E-state index contributed by atoms with van der Waals surface area (Å²) in [6.45, 7) is 2.96. The quantitative estimate of drug-likeness (QED) is 0.692. The van der Waals surface area contributed by atoms with E-state index in [-0.39, 0.29) is 18.6 Å². The molecular weight excluding hydrogens is 234 g/mol. The van der Waals surface area contributed by atoms with Crippen molar-refractivity contribution < 1.29 is 19.4 Å². The number of carbonyl (C=O) groups is 2. The van der Waals surface area contributed by atoms with Gasteiger partial charge in [-0.15, -0.1) is 0 Å². The van der Waals surface area contributed by atoms with Crippen LogP contribution in [0.15, 0.2) is 0 Å². The predicted octanol–water partition coefficient (Wildman–Crippen LogP) is 1.56. The average Bonchev–Trinajstić information content (AvgIpc) is 2.84. The maximum Gasteiger partial charge on any atom is 0.308 e. The van der Waals surface area contributed by atoms with Crippen LogP contribution in [-0.2, 0) is 14.3 Å². The van der Waals surface area contributed by atoms with E-state index in [1.54, 1.807) is 0 Å². The summed E-state index contributed by atoms with van der Waals surface area (Å²) in [6, 6.07) is 0. The Balaban J connectivity index is 2.16. The van der Waals surface area contributed by atoms with Crippen molar-refractivity contribution in [3.05, 3.63) is 0 Å². The molecule has 1 aliphatic rings. The minimum atomic E-state index is -0.837. The number of amides is 1. The second kappa shape index (κ2) is 8.08. The summed E-state index contributed by atoms with van der Waals surface area (Å²) >= 11 is 0. The van der Waals surface area contributed by atoms with E-state index >= 15 is 0 Å². The van der Waals surface area contributed by atoms with Gasteiger partial charge >= 0.3 is 5.97 Å². The van der Waals surface area contributed by atoms with Gasteiger partial charge < -0.3 is 15.2 Å². The topological polar surface area (TPSA) is 75.6 Å². The molecule has 1 aliphatic heterocycles. The van der Waals surface area contributed by atoms with Gasteiger partial charge in [-0.2, -0.15) is 0 Å². The molecule has 2 unspecified atom stereocenters. The first kappa shape index (κ1) is 15.0. The van der Waals surface area contributed by atoms with Crippen LogP contribution in [-0.4, -0.2) is 36.2 Å². The minimum absolute atomic E-state index is 0.0761. The number of aliphatic carboxylic acids is 1. The Bertz CT molecular complexity index is 274. The van der Waals surface area contributed by atoms with Crippen molar-refractivity contribution in [2.45, 2.75) is 51.6 Å². The molecule has 1 fully saturated rings. The SMILES string of the molecule is CCCC(CNC(=O)CCC1CCCO1)C(=O)O. The summed E-state index contributed by atoms with van der Waals surface area (Å²) in [4.78, 5) is 22.5. The Labute approximate surface area is 108 Å². The molecule has 5 heteroatoms. The number of ether oxygens (including phenoxy) is 1. The molecule has 1 rings (SSSR count). The highest BCUT2D eigenvalue weighted by Crippen LogP contribution is 2.16. The highest BCUT2D eigenvalue weighted by molar-refractivity contribution is 5.77. The zero-order chi connectivity index (χ0) is 13.4. The van der Waals surface area contributed by atoms with E-state index in [4.69, 9.17) is 9.84 Å². The Kier molecular flexibility index (Phi) is 6.72. The van der Waals surface area contributed by atoms with Crippen LogP contribution in [0.2, 0.25) is 0 Å². The molecule has 0 aromatic rings. The number of hydrogen-bond donors (Lipinski definition) is 2. The zero-order valence-corrected chi connectivity index (χ0v) is 11.0. The zero-order valence-electron chi connectivity index (χ0n) is 11.0. The number of carboxylic acid groups (broad SMARTS) is 1. The highest BCUT2D eigenvalue weighted by Gasteiger charge is 2.19. The first-order valence-corrected chi connectivity index (χ1v) is 6.74. The fourth-order valence-electron chi connectivity index (χ4n) is 2.15. The summed E-state index contributed by atoms with van der Waals surface area (Å²) < 4.78 is 5.43. The van der Waals surface area contributed by atoms with Crippen LogP contribution in [0.25, 0.3) is 0 Å². The number of hydrogen-bond acceptors (Lipinski definition) is 3. The Morgan fingerprint density at radius 3 is 2.83 bits per heavy atom. The van der Waals surface area contributed by atoms with E-state index in [2.05, 4.69) is 5.32 Å². The van der Waals surface area contributed by atoms with E-state index < -0.39 is 11.9 Å². The van der Waals surface area contributed by atoms with E-state index in [1.165, 1.54) is 0 Å². The van der Waals surface area contributed by atoms with Crippen LogP contribution in [0, 0.1) is 5.92 Å². The van der Waals surface area contributed by atoms with Crippen molar-refractivity contribution in [2.75, 3.05) is 13.2 Å². The Morgan fingerprint density at radius 1 is 1.50 bits per heavy atom. The van der Waals surface area contributed by atoms with E-state index in [1.807, 2.05) is 6.92 Å². The first-order valence-electron chi connectivity index (χ1n) is 6.74.